The number of carbonyl (C=O) groups is 3. The van der Waals surface area contributed by atoms with Crippen LogP contribution in [0.1, 0.15) is 62.3 Å². The largest absolute Gasteiger partial charge is 0.519 e. The lowest BCUT2D eigenvalue weighted by atomic mass is 10.2. The number of likely N-dealkylation sites (N-methyl/N-ethyl adjacent to an activating group) is 2. The Morgan fingerprint density at radius 1 is 0.614 bits per heavy atom. The first-order valence-electron chi connectivity index (χ1n) is 14.6. The van der Waals surface area contributed by atoms with E-state index in [2.05, 4.69) is 32.8 Å². The molecule has 0 spiro atoms. The van der Waals surface area contributed by atoms with Gasteiger partial charge in [0.25, 0.3) is 0 Å². The lowest BCUT2D eigenvalue weighted by Crippen LogP contribution is -2.36. The molecule has 0 saturated heterocycles. The SMILES string of the molecule is CC(C)(C)OC(=O)OC(=O)OC(C)(C)C.CN(CCNc1ccccc1)C(=O)OC(C)(C)C.CNCCNc1ccccc1. The molecule has 0 aliphatic heterocycles. The van der Waals surface area contributed by atoms with E-state index in [1.54, 1.807) is 53.5 Å². The molecule has 2 rings (SSSR count). The Morgan fingerprint density at radius 3 is 1.36 bits per heavy atom. The number of para-hydroxylation sites is 2. The van der Waals surface area contributed by atoms with Gasteiger partial charge in [-0.15, -0.1) is 0 Å². The third kappa shape index (κ3) is 24.6. The minimum absolute atomic E-state index is 0.294. The van der Waals surface area contributed by atoms with Crippen LogP contribution >= 0.6 is 0 Å². The molecule has 0 saturated carbocycles. The van der Waals surface area contributed by atoms with E-state index >= 15 is 0 Å². The van der Waals surface area contributed by atoms with Gasteiger partial charge in [0.05, 0.1) is 0 Å². The summed E-state index contributed by atoms with van der Waals surface area (Å²) in [6.45, 7) is 18.9. The van der Waals surface area contributed by atoms with Gasteiger partial charge in [-0.25, -0.2) is 14.4 Å². The number of nitrogens with one attached hydrogen (secondary N) is 3. The standard InChI is InChI=1S/C14H22N2O2.C10H18O5.C9H14N2/c1-14(2,3)18-13(17)16(4)11-10-15-12-8-6-5-7-9-12;1-9(2,3)14-7(11)13-8(12)15-10(4,5)6;1-10-7-8-11-9-5-3-2-4-6-9/h5-9,15H,10-11H2,1-4H3;1-6H3;2-6,10-11H,7-8H2,1H3. The van der Waals surface area contributed by atoms with Crippen LogP contribution in [0, 0.1) is 0 Å². The highest BCUT2D eigenvalue weighted by atomic mass is 16.8. The molecule has 1 amide bonds. The van der Waals surface area contributed by atoms with Gasteiger partial charge >= 0.3 is 18.4 Å². The number of hydrogen-bond acceptors (Lipinski definition) is 10. The van der Waals surface area contributed by atoms with Crippen molar-refractivity contribution in [3.8, 4) is 0 Å². The van der Waals surface area contributed by atoms with E-state index in [9.17, 15) is 14.4 Å². The van der Waals surface area contributed by atoms with Gasteiger partial charge in [0.15, 0.2) is 0 Å². The molecule has 0 atom stereocenters. The van der Waals surface area contributed by atoms with Crippen LogP contribution in [0.25, 0.3) is 0 Å². The smallest absolute Gasteiger partial charge is 0.444 e. The molecule has 11 heteroatoms. The molecule has 11 nitrogen and oxygen atoms in total. The zero-order valence-corrected chi connectivity index (χ0v) is 28.4. The monoisotopic (exact) mass is 618 g/mol. The lowest BCUT2D eigenvalue weighted by molar-refractivity contribution is -0.0294. The first kappa shape index (κ1) is 40.0. The Morgan fingerprint density at radius 2 is 1.00 bits per heavy atom. The Labute approximate surface area is 264 Å². The van der Waals surface area contributed by atoms with E-state index in [1.807, 2.05) is 76.3 Å². The molecule has 0 aliphatic carbocycles. The molecule has 0 unspecified atom stereocenters. The average molecular weight is 619 g/mol. The van der Waals surface area contributed by atoms with Gasteiger partial charge in [0.1, 0.15) is 16.8 Å². The Hall–Kier alpha value is -3.99. The minimum atomic E-state index is -1.06. The number of anilines is 2. The van der Waals surface area contributed by atoms with E-state index in [1.165, 1.54) is 5.69 Å². The van der Waals surface area contributed by atoms with E-state index < -0.39 is 29.1 Å². The quantitative estimate of drug-likeness (QED) is 0.121. The zero-order chi connectivity index (χ0) is 33.8. The van der Waals surface area contributed by atoms with Crippen molar-refractivity contribution in [1.82, 2.24) is 10.2 Å². The first-order valence-corrected chi connectivity index (χ1v) is 14.6. The Balaban J connectivity index is 0.000000649. The topological polar surface area (TPSA) is 127 Å². The Kier molecular flexibility index (Phi) is 18.2. The van der Waals surface area contributed by atoms with Gasteiger partial charge in [-0.2, -0.15) is 0 Å². The summed E-state index contributed by atoms with van der Waals surface area (Å²) in [5.74, 6) is 0. The van der Waals surface area contributed by atoms with Crippen LogP contribution < -0.4 is 16.0 Å². The maximum absolute atomic E-state index is 11.7. The fourth-order valence-electron chi connectivity index (χ4n) is 2.85. The number of amides is 1. The van der Waals surface area contributed by atoms with Crippen molar-refractivity contribution in [1.29, 1.82) is 0 Å². The molecular weight excluding hydrogens is 564 g/mol. The maximum atomic E-state index is 11.7. The maximum Gasteiger partial charge on any atom is 0.519 e. The van der Waals surface area contributed by atoms with Gasteiger partial charge in [-0.05, 0) is 93.6 Å². The first-order chi connectivity index (χ1) is 20.3. The fourth-order valence-corrected chi connectivity index (χ4v) is 2.85. The van der Waals surface area contributed by atoms with Gasteiger partial charge in [-0.1, -0.05) is 36.4 Å². The molecule has 0 fully saturated rings. The van der Waals surface area contributed by atoms with Crippen molar-refractivity contribution in [2.75, 3.05) is 50.9 Å². The molecular formula is C33H54N4O7. The summed E-state index contributed by atoms with van der Waals surface area (Å²) in [4.78, 5) is 35.3. The van der Waals surface area contributed by atoms with Crippen LogP contribution in [0.5, 0.6) is 0 Å². The molecule has 0 aliphatic rings. The van der Waals surface area contributed by atoms with Crippen LogP contribution in [-0.2, 0) is 18.9 Å². The number of carbonyl (C=O) groups excluding carboxylic acids is 3. The molecule has 248 valence electrons. The third-order valence-electron chi connectivity index (χ3n) is 4.68. The third-order valence-corrected chi connectivity index (χ3v) is 4.68. The molecule has 0 bridgehead atoms. The number of nitrogens with zero attached hydrogens (tertiary/aromatic N) is 1. The van der Waals surface area contributed by atoms with Crippen LogP contribution in [0.3, 0.4) is 0 Å². The normalized spacial score (nSPS) is 10.9. The second kappa shape index (κ2) is 20.1. The second-order valence-corrected chi connectivity index (χ2v) is 12.6. The molecule has 2 aromatic carbocycles. The van der Waals surface area contributed by atoms with Crippen molar-refractivity contribution in [3.05, 3.63) is 60.7 Å². The lowest BCUT2D eigenvalue weighted by Gasteiger charge is -2.24. The second-order valence-electron chi connectivity index (χ2n) is 12.6. The van der Waals surface area contributed by atoms with Gasteiger partial charge in [0, 0.05) is 44.6 Å². The summed E-state index contributed by atoms with van der Waals surface area (Å²) in [7, 11) is 3.69. The average Bonchev–Trinajstić information content (AvgIpc) is 2.87. The van der Waals surface area contributed by atoms with Crippen molar-refractivity contribution >= 4 is 29.8 Å². The highest BCUT2D eigenvalue weighted by molar-refractivity contribution is 5.77. The van der Waals surface area contributed by atoms with E-state index in [4.69, 9.17) is 14.2 Å². The molecule has 44 heavy (non-hydrogen) atoms. The molecule has 0 radical (unpaired) electrons. The summed E-state index contributed by atoms with van der Waals surface area (Å²) in [6, 6.07) is 20.1. The van der Waals surface area contributed by atoms with E-state index in [0.29, 0.717) is 13.1 Å². The van der Waals surface area contributed by atoms with Crippen LogP contribution in [-0.4, -0.2) is 80.4 Å². The van der Waals surface area contributed by atoms with Crippen LogP contribution in [0.15, 0.2) is 60.7 Å². The summed E-state index contributed by atoms with van der Waals surface area (Å²) < 4.78 is 19.1. The predicted octanol–water partition coefficient (Wildman–Crippen LogP) is 7.16. The van der Waals surface area contributed by atoms with E-state index in [-0.39, 0.29) is 6.09 Å². The Bertz CT molecular complexity index is 1050. The van der Waals surface area contributed by atoms with Crippen molar-refractivity contribution in [2.24, 2.45) is 0 Å². The van der Waals surface area contributed by atoms with Gasteiger partial charge in [0.2, 0.25) is 0 Å². The molecule has 0 heterocycles. The van der Waals surface area contributed by atoms with Gasteiger partial charge < -0.3 is 39.8 Å². The summed E-state index contributed by atoms with van der Waals surface area (Å²) in [5, 5.41) is 9.60. The highest BCUT2D eigenvalue weighted by Crippen LogP contribution is 2.12. The zero-order valence-electron chi connectivity index (χ0n) is 28.4. The van der Waals surface area contributed by atoms with Gasteiger partial charge in [-0.3, -0.25) is 0 Å². The molecule has 3 N–H and O–H groups in total. The van der Waals surface area contributed by atoms with Crippen LogP contribution in [0.2, 0.25) is 0 Å². The highest BCUT2D eigenvalue weighted by Gasteiger charge is 2.24. The van der Waals surface area contributed by atoms with Crippen molar-refractivity contribution in [2.45, 2.75) is 79.1 Å². The predicted molar refractivity (Wildman–Crippen MR) is 176 cm³/mol. The summed E-state index contributed by atoms with van der Waals surface area (Å²) in [6.07, 6.45) is -2.41. The fraction of sp³-hybridized carbons (Fsp3) is 0.545. The molecule has 0 aromatic heterocycles. The van der Waals surface area contributed by atoms with Crippen molar-refractivity contribution < 1.29 is 33.3 Å². The number of hydrogen-bond donors (Lipinski definition) is 3. The number of rotatable bonds is 8. The number of ether oxygens (including phenoxy) is 4. The van der Waals surface area contributed by atoms with E-state index in [0.717, 1.165) is 18.8 Å². The molecule has 2 aromatic rings. The van der Waals surface area contributed by atoms with Crippen LogP contribution in [0.4, 0.5) is 25.8 Å². The summed E-state index contributed by atoms with van der Waals surface area (Å²) in [5.41, 5.74) is 0.397. The van der Waals surface area contributed by atoms with Crippen molar-refractivity contribution in [3.63, 3.8) is 0 Å². The number of benzene rings is 2. The summed E-state index contributed by atoms with van der Waals surface area (Å²) >= 11 is 0. The minimum Gasteiger partial charge on any atom is -0.444 e.